The summed E-state index contributed by atoms with van der Waals surface area (Å²) in [5, 5.41) is 0. The minimum atomic E-state index is -0.399. The first-order chi connectivity index (χ1) is 7.66. The summed E-state index contributed by atoms with van der Waals surface area (Å²) in [6, 6.07) is 0. The molecule has 3 heteroatoms. The van der Waals surface area contributed by atoms with E-state index in [9.17, 15) is 4.79 Å². The lowest BCUT2D eigenvalue weighted by molar-refractivity contribution is -0.156. The zero-order chi connectivity index (χ0) is 13.5. The van der Waals surface area contributed by atoms with E-state index in [-0.39, 0.29) is 11.6 Å². The quantitative estimate of drug-likeness (QED) is 0.506. The molecule has 0 saturated carbocycles. The van der Waals surface area contributed by atoms with Gasteiger partial charge >= 0.3 is 5.97 Å². The fourth-order valence-corrected chi connectivity index (χ4v) is 1.36. The van der Waals surface area contributed by atoms with Gasteiger partial charge in [0.25, 0.3) is 0 Å². The van der Waals surface area contributed by atoms with Gasteiger partial charge in [-0.25, -0.2) is 0 Å². The molecule has 0 unspecified atom stereocenters. The van der Waals surface area contributed by atoms with Crippen molar-refractivity contribution in [1.82, 2.24) is 0 Å². The van der Waals surface area contributed by atoms with Gasteiger partial charge in [-0.15, -0.1) is 0 Å². The maximum atomic E-state index is 11.6. The molecule has 0 aromatic heterocycles. The predicted octanol–water partition coefficient (Wildman–Crippen LogP) is 3.70. The van der Waals surface area contributed by atoms with Crippen molar-refractivity contribution in [2.75, 3.05) is 6.61 Å². The molecule has 0 heterocycles. The molecule has 0 spiro atoms. The normalized spacial score (nSPS) is 12.6. The lowest BCUT2D eigenvalue weighted by atomic mass is 10.0. The number of esters is 1. The molecule has 0 rings (SSSR count). The number of unbranched alkanes of at least 4 members (excludes halogenated alkanes) is 1. The molecule has 0 aliphatic carbocycles. The number of hydrogen-bond donors (Lipinski definition) is 0. The van der Waals surface area contributed by atoms with Crippen molar-refractivity contribution in [3.05, 3.63) is 0 Å². The Bertz CT molecular complexity index is 226. The first-order valence-corrected chi connectivity index (χ1v) is 6.52. The van der Waals surface area contributed by atoms with E-state index in [2.05, 4.69) is 6.92 Å². The standard InChI is InChI=1S/C14H28O3/c1-7-8-11-16-14(5,6)10-9-12(15)17-13(2,3)4/h7-11H2,1-6H3. The molecule has 0 aliphatic rings. The average molecular weight is 244 g/mol. The molecule has 0 radical (unpaired) electrons. The van der Waals surface area contributed by atoms with Gasteiger partial charge in [-0.1, -0.05) is 13.3 Å². The minimum absolute atomic E-state index is 0.148. The molecule has 0 fully saturated rings. The summed E-state index contributed by atoms with van der Waals surface area (Å²) in [5.74, 6) is -0.148. The Morgan fingerprint density at radius 3 is 2.18 bits per heavy atom. The molecule has 17 heavy (non-hydrogen) atoms. The van der Waals surface area contributed by atoms with Gasteiger partial charge < -0.3 is 9.47 Å². The van der Waals surface area contributed by atoms with E-state index in [4.69, 9.17) is 9.47 Å². The zero-order valence-electron chi connectivity index (χ0n) is 12.3. The Hall–Kier alpha value is -0.570. The van der Waals surface area contributed by atoms with E-state index in [1.807, 2.05) is 34.6 Å². The maximum Gasteiger partial charge on any atom is 0.306 e. The zero-order valence-corrected chi connectivity index (χ0v) is 12.3. The fourth-order valence-electron chi connectivity index (χ4n) is 1.36. The van der Waals surface area contributed by atoms with Crippen LogP contribution >= 0.6 is 0 Å². The number of ether oxygens (including phenoxy) is 2. The number of carbonyl (C=O) groups is 1. The first kappa shape index (κ1) is 16.4. The third kappa shape index (κ3) is 10.3. The Morgan fingerprint density at radius 1 is 1.12 bits per heavy atom. The second-order valence-corrected chi connectivity index (χ2v) is 6.05. The summed E-state index contributed by atoms with van der Waals surface area (Å²) in [5.41, 5.74) is -0.642. The van der Waals surface area contributed by atoms with Gasteiger partial charge in [-0.05, 0) is 47.5 Å². The lowest BCUT2D eigenvalue weighted by Gasteiger charge is -2.26. The third-order valence-electron chi connectivity index (χ3n) is 2.34. The van der Waals surface area contributed by atoms with Crippen LogP contribution in [0, 0.1) is 0 Å². The molecule has 102 valence electrons. The molecule has 0 N–H and O–H groups in total. The van der Waals surface area contributed by atoms with Gasteiger partial charge in [-0.3, -0.25) is 4.79 Å². The average Bonchev–Trinajstić information content (AvgIpc) is 2.13. The Morgan fingerprint density at radius 2 is 1.71 bits per heavy atom. The van der Waals surface area contributed by atoms with Crippen LogP contribution in [0.3, 0.4) is 0 Å². The molecular formula is C14H28O3. The molecule has 3 nitrogen and oxygen atoms in total. The van der Waals surface area contributed by atoms with Crippen LogP contribution in [0.5, 0.6) is 0 Å². The topological polar surface area (TPSA) is 35.5 Å². The van der Waals surface area contributed by atoms with Gasteiger partial charge in [0.05, 0.1) is 5.60 Å². The van der Waals surface area contributed by atoms with Crippen LogP contribution in [0.25, 0.3) is 0 Å². The van der Waals surface area contributed by atoms with Crippen molar-refractivity contribution in [3.8, 4) is 0 Å². The highest BCUT2D eigenvalue weighted by molar-refractivity contribution is 5.69. The van der Waals surface area contributed by atoms with Crippen LogP contribution in [0.15, 0.2) is 0 Å². The molecule has 0 atom stereocenters. The molecule has 0 amide bonds. The van der Waals surface area contributed by atoms with Crippen molar-refractivity contribution >= 4 is 5.97 Å². The van der Waals surface area contributed by atoms with Crippen LogP contribution in [0.1, 0.15) is 67.2 Å². The van der Waals surface area contributed by atoms with Crippen LogP contribution < -0.4 is 0 Å². The minimum Gasteiger partial charge on any atom is -0.460 e. The largest absolute Gasteiger partial charge is 0.460 e. The van der Waals surface area contributed by atoms with Gasteiger partial charge in [0.2, 0.25) is 0 Å². The Balaban J connectivity index is 3.88. The van der Waals surface area contributed by atoms with Crippen molar-refractivity contribution in [2.45, 2.75) is 78.4 Å². The fraction of sp³-hybridized carbons (Fsp3) is 0.929. The van der Waals surface area contributed by atoms with Crippen LogP contribution in [0.4, 0.5) is 0 Å². The van der Waals surface area contributed by atoms with Crippen LogP contribution in [-0.4, -0.2) is 23.8 Å². The Kier molecular flexibility index (Phi) is 6.76. The van der Waals surface area contributed by atoms with Gasteiger partial charge in [0.1, 0.15) is 5.60 Å². The van der Waals surface area contributed by atoms with Crippen LogP contribution in [0.2, 0.25) is 0 Å². The smallest absolute Gasteiger partial charge is 0.306 e. The second kappa shape index (κ2) is 7.00. The second-order valence-electron chi connectivity index (χ2n) is 6.05. The summed E-state index contributed by atoms with van der Waals surface area (Å²) in [4.78, 5) is 11.6. The van der Waals surface area contributed by atoms with E-state index >= 15 is 0 Å². The van der Waals surface area contributed by atoms with Gasteiger partial charge in [0, 0.05) is 13.0 Å². The molecule has 0 aromatic carbocycles. The number of carbonyl (C=O) groups excluding carboxylic acids is 1. The molecular weight excluding hydrogens is 216 g/mol. The van der Waals surface area contributed by atoms with E-state index < -0.39 is 5.60 Å². The van der Waals surface area contributed by atoms with E-state index in [1.54, 1.807) is 0 Å². The third-order valence-corrected chi connectivity index (χ3v) is 2.34. The van der Waals surface area contributed by atoms with Gasteiger partial charge in [-0.2, -0.15) is 0 Å². The van der Waals surface area contributed by atoms with E-state index in [1.165, 1.54) is 0 Å². The summed E-state index contributed by atoms with van der Waals surface area (Å²) in [6.07, 6.45) is 3.31. The molecule has 0 bridgehead atoms. The summed E-state index contributed by atoms with van der Waals surface area (Å²) < 4.78 is 11.0. The molecule has 0 aliphatic heterocycles. The van der Waals surface area contributed by atoms with Crippen molar-refractivity contribution < 1.29 is 14.3 Å². The van der Waals surface area contributed by atoms with E-state index in [0.29, 0.717) is 12.8 Å². The van der Waals surface area contributed by atoms with Gasteiger partial charge in [0.15, 0.2) is 0 Å². The summed E-state index contributed by atoms with van der Waals surface area (Å²) in [7, 11) is 0. The van der Waals surface area contributed by atoms with Crippen molar-refractivity contribution in [2.24, 2.45) is 0 Å². The number of rotatable bonds is 7. The van der Waals surface area contributed by atoms with Crippen molar-refractivity contribution in [1.29, 1.82) is 0 Å². The summed E-state index contributed by atoms with van der Waals surface area (Å²) >= 11 is 0. The Labute approximate surface area is 106 Å². The maximum absolute atomic E-state index is 11.6. The molecule has 0 saturated heterocycles. The highest BCUT2D eigenvalue weighted by atomic mass is 16.6. The van der Waals surface area contributed by atoms with Crippen LogP contribution in [-0.2, 0) is 14.3 Å². The SMILES string of the molecule is CCCCOC(C)(C)CCC(=O)OC(C)(C)C. The van der Waals surface area contributed by atoms with Crippen molar-refractivity contribution in [3.63, 3.8) is 0 Å². The van der Waals surface area contributed by atoms with E-state index in [0.717, 1.165) is 19.4 Å². The number of hydrogen-bond acceptors (Lipinski definition) is 3. The molecule has 0 aromatic rings. The monoisotopic (exact) mass is 244 g/mol. The highest BCUT2D eigenvalue weighted by Crippen LogP contribution is 2.19. The lowest BCUT2D eigenvalue weighted by Crippen LogP contribution is -2.29. The predicted molar refractivity (Wildman–Crippen MR) is 70.0 cm³/mol. The summed E-state index contributed by atoms with van der Waals surface area (Å²) in [6.45, 7) is 12.6. The highest BCUT2D eigenvalue weighted by Gasteiger charge is 2.22. The first-order valence-electron chi connectivity index (χ1n) is 6.52.